The highest BCUT2D eigenvalue weighted by Gasteiger charge is 2.41. The van der Waals surface area contributed by atoms with E-state index < -0.39 is 23.8 Å². The summed E-state index contributed by atoms with van der Waals surface area (Å²) >= 11 is 0. The lowest BCUT2D eigenvalue weighted by Gasteiger charge is -2.29. The summed E-state index contributed by atoms with van der Waals surface area (Å²) in [7, 11) is 0. The molecule has 1 aromatic rings. The van der Waals surface area contributed by atoms with Crippen molar-refractivity contribution in [3.63, 3.8) is 0 Å². The average molecular weight is 276 g/mol. The van der Waals surface area contributed by atoms with Crippen molar-refractivity contribution in [1.82, 2.24) is 0 Å². The van der Waals surface area contributed by atoms with Gasteiger partial charge >= 0.3 is 6.36 Å². The number of aliphatic hydroxyl groups is 2. The Morgan fingerprint density at radius 1 is 1.16 bits per heavy atom. The number of hydrogen-bond donors (Lipinski definition) is 2. The van der Waals surface area contributed by atoms with Crippen LogP contribution in [0.1, 0.15) is 37.4 Å². The summed E-state index contributed by atoms with van der Waals surface area (Å²) in [6.45, 7) is 0. The van der Waals surface area contributed by atoms with Crippen LogP contribution in [-0.4, -0.2) is 22.2 Å². The first-order valence-electron chi connectivity index (χ1n) is 6.07. The molecule has 106 valence electrons. The second-order valence-electron chi connectivity index (χ2n) is 4.80. The molecule has 0 amide bonds. The fourth-order valence-electron chi connectivity index (χ4n) is 2.47. The van der Waals surface area contributed by atoms with Crippen molar-refractivity contribution in [1.29, 1.82) is 0 Å². The van der Waals surface area contributed by atoms with E-state index in [1.54, 1.807) is 0 Å². The van der Waals surface area contributed by atoms with E-state index in [4.69, 9.17) is 0 Å². The first-order valence-corrected chi connectivity index (χ1v) is 6.07. The largest absolute Gasteiger partial charge is 0.573 e. The van der Waals surface area contributed by atoms with Gasteiger partial charge in [-0.2, -0.15) is 0 Å². The Balaban J connectivity index is 2.29. The van der Waals surface area contributed by atoms with Crippen molar-refractivity contribution in [2.75, 3.05) is 0 Å². The van der Waals surface area contributed by atoms with Gasteiger partial charge in [0, 0.05) is 5.56 Å². The van der Waals surface area contributed by atoms with Gasteiger partial charge in [0.15, 0.2) is 0 Å². The van der Waals surface area contributed by atoms with Gasteiger partial charge in [-0.3, -0.25) is 0 Å². The number of halogens is 3. The molecule has 1 aliphatic rings. The molecular weight excluding hydrogens is 261 g/mol. The Hall–Kier alpha value is -1.27. The van der Waals surface area contributed by atoms with E-state index in [0.29, 0.717) is 12.8 Å². The molecule has 1 aromatic carbocycles. The summed E-state index contributed by atoms with van der Waals surface area (Å²) in [5.74, 6) is -0.470. The zero-order valence-electron chi connectivity index (χ0n) is 10.2. The first-order chi connectivity index (χ1) is 8.82. The van der Waals surface area contributed by atoms with E-state index in [0.717, 1.165) is 18.9 Å². The quantitative estimate of drug-likeness (QED) is 0.892. The minimum Gasteiger partial charge on any atom is -0.405 e. The van der Waals surface area contributed by atoms with Crippen molar-refractivity contribution < 1.29 is 28.1 Å². The summed E-state index contributed by atoms with van der Waals surface area (Å²) < 4.78 is 40.8. The fourth-order valence-corrected chi connectivity index (χ4v) is 2.47. The number of para-hydroxylation sites is 1. The molecular formula is C13H15F3O3. The lowest BCUT2D eigenvalue weighted by Crippen LogP contribution is -2.33. The highest BCUT2D eigenvalue weighted by Crippen LogP contribution is 2.42. The highest BCUT2D eigenvalue weighted by molar-refractivity contribution is 5.36. The molecule has 0 aliphatic heterocycles. The number of rotatable bonds is 3. The summed E-state index contributed by atoms with van der Waals surface area (Å²) in [5, 5.41) is 20.4. The van der Waals surface area contributed by atoms with Crippen molar-refractivity contribution in [2.24, 2.45) is 0 Å². The van der Waals surface area contributed by atoms with E-state index in [1.807, 2.05) is 0 Å². The predicted octanol–water partition coefficient (Wildman–Crippen LogP) is 2.92. The van der Waals surface area contributed by atoms with E-state index in [9.17, 15) is 23.4 Å². The van der Waals surface area contributed by atoms with Gasteiger partial charge in [-0.1, -0.05) is 31.0 Å². The molecule has 2 N–H and O–H groups in total. The van der Waals surface area contributed by atoms with Crippen molar-refractivity contribution >= 4 is 0 Å². The topological polar surface area (TPSA) is 49.7 Å². The lowest BCUT2D eigenvalue weighted by molar-refractivity contribution is -0.275. The van der Waals surface area contributed by atoms with Gasteiger partial charge in [0.05, 0.1) is 5.60 Å². The standard InChI is InChI=1S/C13H15F3O3/c14-13(15,16)19-10-6-2-1-5-9(10)11(17)12(18)7-3-4-8-12/h1-2,5-6,11,17-18H,3-4,7-8H2. The highest BCUT2D eigenvalue weighted by atomic mass is 19.4. The van der Waals surface area contributed by atoms with Crippen LogP contribution in [0.3, 0.4) is 0 Å². The van der Waals surface area contributed by atoms with Gasteiger partial charge in [0.25, 0.3) is 0 Å². The maximum Gasteiger partial charge on any atom is 0.573 e. The molecule has 0 spiro atoms. The van der Waals surface area contributed by atoms with Crippen LogP contribution in [0.25, 0.3) is 0 Å². The monoisotopic (exact) mass is 276 g/mol. The maximum atomic E-state index is 12.3. The molecule has 0 heterocycles. The number of ether oxygens (including phenoxy) is 1. The van der Waals surface area contributed by atoms with Gasteiger partial charge in [0.1, 0.15) is 11.9 Å². The average Bonchev–Trinajstić information content (AvgIpc) is 2.75. The molecule has 1 fully saturated rings. The Labute approximate surface area is 108 Å². The number of aliphatic hydroxyl groups excluding tert-OH is 1. The molecule has 19 heavy (non-hydrogen) atoms. The summed E-state index contributed by atoms with van der Waals surface area (Å²) in [5.41, 5.74) is -1.41. The third-order valence-corrected chi connectivity index (χ3v) is 3.42. The van der Waals surface area contributed by atoms with Crippen LogP contribution in [0.2, 0.25) is 0 Å². The second kappa shape index (κ2) is 5.02. The molecule has 3 nitrogen and oxygen atoms in total. The molecule has 2 rings (SSSR count). The Bertz CT molecular complexity index is 439. The van der Waals surface area contributed by atoms with E-state index >= 15 is 0 Å². The third-order valence-electron chi connectivity index (χ3n) is 3.42. The summed E-state index contributed by atoms with van der Waals surface area (Å²) in [6.07, 6.45) is -3.98. The van der Waals surface area contributed by atoms with E-state index in [2.05, 4.69) is 4.74 Å². The second-order valence-corrected chi connectivity index (χ2v) is 4.80. The lowest BCUT2D eigenvalue weighted by atomic mass is 9.89. The Morgan fingerprint density at radius 3 is 2.32 bits per heavy atom. The zero-order chi connectivity index (χ0) is 14.1. The molecule has 1 unspecified atom stereocenters. The van der Waals surface area contributed by atoms with Crippen LogP contribution in [0.4, 0.5) is 13.2 Å². The Kier molecular flexibility index (Phi) is 3.73. The van der Waals surface area contributed by atoms with Crippen molar-refractivity contribution in [3.05, 3.63) is 29.8 Å². The zero-order valence-corrected chi connectivity index (χ0v) is 10.2. The normalized spacial score (nSPS) is 20.3. The molecule has 1 aliphatic carbocycles. The van der Waals surface area contributed by atoms with Gasteiger partial charge in [-0.15, -0.1) is 13.2 Å². The fraction of sp³-hybridized carbons (Fsp3) is 0.538. The van der Waals surface area contributed by atoms with Crippen LogP contribution in [0, 0.1) is 0 Å². The maximum absolute atomic E-state index is 12.3. The first kappa shape index (κ1) is 14.1. The van der Waals surface area contributed by atoms with E-state index in [-0.39, 0.29) is 5.56 Å². The summed E-state index contributed by atoms with van der Waals surface area (Å²) in [4.78, 5) is 0. The molecule has 0 bridgehead atoms. The smallest absolute Gasteiger partial charge is 0.405 e. The molecule has 0 saturated heterocycles. The van der Waals surface area contributed by atoms with Gasteiger partial charge in [0.2, 0.25) is 0 Å². The molecule has 6 heteroatoms. The van der Waals surface area contributed by atoms with Gasteiger partial charge in [-0.05, 0) is 18.9 Å². The van der Waals surface area contributed by atoms with E-state index in [1.165, 1.54) is 18.2 Å². The molecule has 0 radical (unpaired) electrons. The van der Waals surface area contributed by atoms with Crippen molar-refractivity contribution in [2.45, 2.75) is 43.8 Å². The SMILES string of the molecule is OC(c1ccccc1OC(F)(F)F)C1(O)CCCC1. The predicted molar refractivity (Wildman–Crippen MR) is 61.5 cm³/mol. The molecule has 1 atom stereocenters. The number of hydrogen-bond acceptors (Lipinski definition) is 3. The Morgan fingerprint density at radius 2 is 1.74 bits per heavy atom. The van der Waals surface area contributed by atoms with Crippen LogP contribution in [0.15, 0.2) is 24.3 Å². The van der Waals surface area contributed by atoms with Crippen molar-refractivity contribution in [3.8, 4) is 5.75 Å². The van der Waals surface area contributed by atoms with Crippen LogP contribution in [-0.2, 0) is 0 Å². The minimum absolute atomic E-state index is 0.0378. The van der Waals surface area contributed by atoms with Crippen LogP contribution >= 0.6 is 0 Å². The number of alkyl halides is 3. The van der Waals surface area contributed by atoms with Crippen LogP contribution < -0.4 is 4.74 Å². The summed E-state index contributed by atoms with van der Waals surface area (Å²) in [6, 6.07) is 5.35. The molecule has 1 saturated carbocycles. The molecule has 0 aromatic heterocycles. The van der Waals surface area contributed by atoms with Gasteiger partial charge in [-0.25, -0.2) is 0 Å². The number of benzene rings is 1. The van der Waals surface area contributed by atoms with Crippen LogP contribution in [0.5, 0.6) is 5.75 Å². The minimum atomic E-state index is -4.83. The third kappa shape index (κ3) is 3.19. The van der Waals surface area contributed by atoms with Gasteiger partial charge < -0.3 is 14.9 Å².